The van der Waals surface area contributed by atoms with Crippen LogP contribution in [-0.4, -0.2) is 52.8 Å². The number of amides is 1. The number of benzene rings is 2. The molecular weight excluding hydrogens is 384 g/mol. The van der Waals surface area contributed by atoms with Crippen molar-refractivity contribution in [2.24, 2.45) is 5.73 Å². The Balaban J connectivity index is 0.00000392. The first kappa shape index (κ1) is 23.4. The van der Waals surface area contributed by atoms with Crippen molar-refractivity contribution < 1.29 is 23.7 Å². The summed E-state index contributed by atoms with van der Waals surface area (Å²) in [5.74, 6) is 1.64. The summed E-state index contributed by atoms with van der Waals surface area (Å²) in [6, 6.07) is 9.17. The molecule has 0 saturated heterocycles. The molecule has 2 rings (SSSR count). The summed E-state index contributed by atoms with van der Waals surface area (Å²) < 4.78 is 22.3. The van der Waals surface area contributed by atoms with Crippen LogP contribution in [0.3, 0.4) is 0 Å². The van der Waals surface area contributed by atoms with Gasteiger partial charge in [0.25, 0.3) is 5.91 Å². The average molecular weight is 411 g/mol. The van der Waals surface area contributed by atoms with Crippen LogP contribution in [0.25, 0.3) is 0 Å². The number of carbonyl (C=O) groups excluding carboxylic acids is 1. The maximum absolute atomic E-state index is 12.6. The van der Waals surface area contributed by atoms with E-state index in [1.807, 2.05) is 24.3 Å². The zero-order valence-corrected chi connectivity index (χ0v) is 17.6. The van der Waals surface area contributed by atoms with Crippen LogP contribution in [-0.2, 0) is 6.42 Å². The number of hydrogen-bond donors (Lipinski definition) is 1. The Hall–Kier alpha value is -2.64. The second-order valence-electron chi connectivity index (χ2n) is 6.01. The largest absolute Gasteiger partial charge is 0.492 e. The van der Waals surface area contributed by atoms with Crippen molar-refractivity contribution >= 4 is 18.3 Å². The van der Waals surface area contributed by atoms with Gasteiger partial charge in [-0.2, -0.15) is 0 Å². The quantitative estimate of drug-likeness (QED) is 0.719. The van der Waals surface area contributed by atoms with Gasteiger partial charge in [0, 0.05) is 20.2 Å². The van der Waals surface area contributed by atoms with Gasteiger partial charge in [0.2, 0.25) is 11.5 Å². The van der Waals surface area contributed by atoms with Crippen molar-refractivity contribution in [1.29, 1.82) is 0 Å². The lowest BCUT2D eigenvalue weighted by atomic mass is 10.1. The topological polar surface area (TPSA) is 83.3 Å². The lowest BCUT2D eigenvalue weighted by Gasteiger charge is -2.20. The molecule has 2 aromatic rings. The highest BCUT2D eigenvalue weighted by Gasteiger charge is 2.26. The van der Waals surface area contributed by atoms with Crippen LogP contribution in [0.2, 0.25) is 0 Å². The minimum atomic E-state index is -0.240. The van der Waals surface area contributed by atoms with E-state index >= 15 is 0 Å². The van der Waals surface area contributed by atoms with Gasteiger partial charge in [-0.15, -0.1) is 12.4 Å². The van der Waals surface area contributed by atoms with Gasteiger partial charge in [0.1, 0.15) is 5.75 Å². The van der Waals surface area contributed by atoms with Crippen molar-refractivity contribution in [2.75, 3.05) is 42.0 Å². The molecule has 0 aliphatic rings. The molecule has 2 aromatic carbocycles. The molecule has 0 saturated carbocycles. The van der Waals surface area contributed by atoms with Crippen LogP contribution in [0.4, 0.5) is 0 Å². The fourth-order valence-electron chi connectivity index (χ4n) is 2.67. The van der Waals surface area contributed by atoms with Crippen LogP contribution in [0, 0.1) is 0 Å². The number of halogens is 1. The standard InChI is InChI=1S/C20H26N2O5.ClH/c1-22(2)20(23)15-12-16(18(25-4)19(26-5)17(15)24-3)27-14-8-6-13(7-9-14)10-11-21;/h6-9,12H,10-11,21H2,1-5H3;1H. The van der Waals surface area contributed by atoms with Gasteiger partial charge in [0.05, 0.1) is 26.9 Å². The van der Waals surface area contributed by atoms with E-state index in [9.17, 15) is 4.79 Å². The summed E-state index contributed by atoms with van der Waals surface area (Å²) in [5.41, 5.74) is 7.01. The summed E-state index contributed by atoms with van der Waals surface area (Å²) in [6.45, 7) is 0.583. The highest BCUT2D eigenvalue weighted by Crippen LogP contribution is 2.48. The second kappa shape index (κ2) is 10.6. The number of hydrogen-bond acceptors (Lipinski definition) is 6. The van der Waals surface area contributed by atoms with Gasteiger partial charge < -0.3 is 29.6 Å². The van der Waals surface area contributed by atoms with Crippen LogP contribution < -0.4 is 24.7 Å². The zero-order valence-electron chi connectivity index (χ0n) is 16.8. The summed E-state index contributed by atoms with van der Waals surface area (Å²) in [6.07, 6.45) is 0.793. The van der Waals surface area contributed by atoms with E-state index in [1.54, 1.807) is 20.2 Å². The zero-order chi connectivity index (χ0) is 20.0. The van der Waals surface area contributed by atoms with E-state index < -0.39 is 0 Å². The summed E-state index contributed by atoms with van der Waals surface area (Å²) in [4.78, 5) is 14.0. The van der Waals surface area contributed by atoms with Gasteiger partial charge in [-0.25, -0.2) is 0 Å². The lowest BCUT2D eigenvalue weighted by molar-refractivity contribution is 0.0823. The molecule has 0 atom stereocenters. The number of ether oxygens (including phenoxy) is 4. The van der Waals surface area contributed by atoms with Gasteiger partial charge in [-0.05, 0) is 30.7 Å². The van der Waals surface area contributed by atoms with Crippen molar-refractivity contribution in [2.45, 2.75) is 6.42 Å². The van der Waals surface area contributed by atoms with Gasteiger partial charge in [0.15, 0.2) is 11.5 Å². The Kier molecular flexibility index (Phi) is 8.88. The van der Waals surface area contributed by atoms with Crippen LogP contribution in [0.5, 0.6) is 28.7 Å². The van der Waals surface area contributed by atoms with Crippen molar-refractivity contribution in [1.82, 2.24) is 4.90 Å². The van der Waals surface area contributed by atoms with E-state index in [-0.39, 0.29) is 18.3 Å². The Bertz CT molecular complexity index is 794. The first-order chi connectivity index (χ1) is 13.0. The first-order valence-electron chi connectivity index (χ1n) is 8.48. The maximum atomic E-state index is 12.6. The molecule has 154 valence electrons. The monoisotopic (exact) mass is 410 g/mol. The third-order valence-electron chi connectivity index (χ3n) is 3.99. The Morgan fingerprint density at radius 1 is 0.964 bits per heavy atom. The summed E-state index contributed by atoms with van der Waals surface area (Å²) in [5, 5.41) is 0. The molecule has 8 heteroatoms. The summed E-state index contributed by atoms with van der Waals surface area (Å²) >= 11 is 0. The van der Waals surface area contributed by atoms with E-state index in [1.165, 1.54) is 26.2 Å². The molecule has 2 N–H and O–H groups in total. The number of rotatable bonds is 8. The Morgan fingerprint density at radius 2 is 1.54 bits per heavy atom. The minimum absolute atomic E-state index is 0. The fraction of sp³-hybridized carbons (Fsp3) is 0.350. The third-order valence-corrected chi connectivity index (χ3v) is 3.99. The number of nitrogens with two attached hydrogens (primary N) is 1. The minimum Gasteiger partial charge on any atom is -0.492 e. The number of methoxy groups -OCH3 is 3. The molecule has 7 nitrogen and oxygen atoms in total. The molecule has 0 aromatic heterocycles. The van der Waals surface area contributed by atoms with Crippen molar-refractivity contribution in [3.8, 4) is 28.7 Å². The molecule has 0 bridgehead atoms. The predicted octanol–water partition coefficient (Wildman–Crippen LogP) is 3.13. The van der Waals surface area contributed by atoms with Gasteiger partial charge in [-0.3, -0.25) is 4.79 Å². The van der Waals surface area contributed by atoms with Crippen molar-refractivity contribution in [3.63, 3.8) is 0 Å². The molecule has 0 unspecified atom stereocenters. The predicted molar refractivity (Wildman–Crippen MR) is 111 cm³/mol. The SMILES string of the molecule is COc1c(Oc2ccc(CCN)cc2)cc(C(=O)N(C)C)c(OC)c1OC.Cl. The highest BCUT2D eigenvalue weighted by atomic mass is 35.5. The Labute approximate surface area is 171 Å². The van der Waals surface area contributed by atoms with E-state index in [0.29, 0.717) is 40.9 Å². The molecule has 0 heterocycles. The van der Waals surface area contributed by atoms with Gasteiger partial charge >= 0.3 is 0 Å². The lowest BCUT2D eigenvalue weighted by Crippen LogP contribution is -2.22. The number of nitrogens with zero attached hydrogens (tertiary/aromatic N) is 1. The highest BCUT2D eigenvalue weighted by molar-refractivity contribution is 5.99. The molecule has 0 radical (unpaired) electrons. The summed E-state index contributed by atoms with van der Waals surface area (Å²) in [7, 11) is 7.78. The first-order valence-corrected chi connectivity index (χ1v) is 8.48. The normalized spacial score (nSPS) is 9.93. The Morgan fingerprint density at radius 3 is 2.00 bits per heavy atom. The molecule has 0 fully saturated rings. The molecule has 1 amide bonds. The average Bonchev–Trinajstić information content (AvgIpc) is 2.67. The maximum Gasteiger partial charge on any atom is 0.257 e. The second-order valence-corrected chi connectivity index (χ2v) is 6.01. The molecule has 0 aliphatic heterocycles. The van der Waals surface area contributed by atoms with Crippen LogP contribution in [0.1, 0.15) is 15.9 Å². The molecular formula is C20H27ClN2O5. The molecule has 0 aliphatic carbocycles. The number of carbonyl (C=O) groups is 1. The van der Waals surface area contributed by atoms with E-state index in [0.717, 1.165) is 12.0 Å². The van der Waals surface area contributed by atoms with E-state index in [4.69, 9.17) is 24.7 Å². The smallest absolute Gasteiger partial charge is 0.257 e. The molecule has 28 heavy (non-hydrogen) atoms. The van der Waals surface area contributed by atoms with Gasteiger partial charge in [-0.1, -0.05) is 12.1 Å². The third kappa shape index (κ3) is 4.99. The van der Waals surface area contributed by atoms with Crippen LogP contribution >= 0.6 is 12.4 Å². The van der Waals surface area contributed by atoms with Crippen LogP contribution in [0.15, 0.2) is 30.3 Å². The van der Waals surface area contributed by atoms with E-state index in [2.05, 4.69) is 0 Å². The fourth-order valence-corrected chi connectivity index (χ4v) is 2.67. The molecule has 0 spiro atoms. The van der Waals surface area contributed by atoms with Crippen molar-refractivity contribution in [3.05, 3.63) is 41.5 Å².